The Kier molecular flexibility index (Phi) is 2.92. The molecule has 0 saturated carbocycles. The van der Waals surface area contributed by atoms with Gasteiger partial charge in [-0.3, -0.25) is 0 Å². The first-order valence-corrected chi connectivity index (χ1v) is 6.25. The summed E-state index contributed by atoms with van der Waals surface area (Å²) in [7, 11) is 0. The van der Waals surface area contributed by atoms with E-state index in [1.807, 2.05) is 23.1 Å². The Hall–Kier alpha value is -1.61. The molecule has 3 rings (SSSR count). The van der Waals surface area contributed by atoms with Gasteiger partial charge in [-0.05, 0) is 49.5 Å². The Morgan fingerprint density at radius 2 is 1.94 bits per heavy atom. The van der Waals surface area contributed by atoms with Crippen molar-refractivity contribution in [1.82, 2.24) is 15.1 Å². The van der Waals surface area contributed by atoms with Crippen molar-refractivity contribution in [3.8, 4) is 5.69 Å². The monoisotopic (exact) mass is 227 g/mol. The number of aromatic nitrogens is 2. The molecule has 1 N–H and O–H groups in total. The molecule has 1 fully saturated rings. The third-order valence-corrected chi connectivity index (χ3v) is 3.47. The van der Waals surface area contributed by atoms with Crippen LogP contribution in [0.25, 0.3) is 5.69 Å². The van der Waals surface area contributed by atoms with Gasteiger partial charge in [0, 0.05) is 12.4 Å². The van der Waals surface area contributed by atoms with Gasteiger partial charge >= 0.3 is 0 Å². The summed E-state index contributed by atoms with van der Waals surface area (Å²) in [5.74, 6) is 0.664. The average molecular weight is 227 g/mol. The molecule has 2 heterocycles. The molecule has 3 nitrogen and oxygen atoms in total. The van der Waals surface area contributed by atoms with Crippen LogP contribution in [0.2, 0.25) is 0 Å². The highest BCUT2D eigenvalue weighted by Gasteiger charge is 2.18. The second-order valence-electron chi connectivity index (χ2n) is 4.53. The number of nitrogens with one attached hydrogen (secondary N) is 1. The summed E-state index contributed by atoms with van der Waals surface area (Å²) < 4.78 is 1.97. The maximum atomic E-state index is 4.34. The molecule has 0 bridgehead atoms. The maximum Gasteiger partial charge on any atom is 0.0680 e. The second-order valence-corrected chi connectivity index (χ2v) is 4.53. The lowest BCUT2D eigenvalue weighted by molar-refractivity contribution is 0.459. The largest absolute Gasteiger partial charge is 0.317 e. The number of rotatable bonds is 2. The van der Waals surface area contributed by atoms with E-state index in [-0.39, 0.29) is 0 Å². The number of para-hydroxylation sites is 1. The topological polar surface area (TPSA) is 29.9 Å². The Morgan fingerprint density at radius 1 is 1.12 bits per heavy atom. The van der Waals surface area contributed by atoms with Gasteiger partial charge in [-0.25, -0.2) is 4.68 Å². The first kappa shape index (κ1) is 10.5. The van der Waals surface area contributed by atoms with Crippen LogP contribution in [0.3, 0.4) is 0 Å². The van der Waals surface area contributed by atoms with Gasteiger partial charge in [0.1, 0.15) is 0 Å². The molecule has 2 aromatic rings. The van der Waals surface area contributed by atoms with Crippen LogP contribution in [-0.2, 0) is 0 Å². The lowest BCUT2D eigenvalue weighted by Crippen LogP contribution is -2.27. The highest BCUT2D eigenvalue weighted by Crippen LogP contribution is 2.29. The van der Waals surface area contributed by atoms with Crippen molar-refractivity contribution in [2.75, 3.05) is 13.1 Å². The smallest absolute Gasteiger partial charge is 0.0680 e. The number of nitrogens with zero attached hydrogens (tertiary/aromatic N) is 2. The molecule has 1 aromatic heterocycles. The normalized spacial score (nSPS) is 17.2. The standard InChI is InChI=1S/C14H17N3/c1-2-5-14(17-11-3-8-16-17)13(4-1)12-6-9-15-10-7-12/h1-5,8,11-12,15H,6-7,9-10H2. The quantitative estimate of drug-likeness (QED) is 0.853. The van der Waals surface area contributed by atoms with E-state index in [1.165, 1.54) is 24.1 Å². The summed E-state index contributed by atoms with van der Waals surface area (Å²) in [5, 5.41) is 7.76. The van der Waals surface area contributed by atoms with Crippen LogP contribution in [0.1, 0.15) is 24.3 Å². The zero-order valence-corrected chi connectivity index (χ0v) is 9.84. The van der Waals surface area contributed by atoms with E-state index in [4.69, 9.17) is 0 Å². The molecule has 1 aliphatic heterocycles. The van der Waals surface area contributed by atoms with E-state index in [2.05, 4.69) is 34.7 Å². The molecule has 17 heavy (non-hydrogen) atoms. The van der Waals surface area contributed by atoms with Crippen LogP contribution in [0.15, 0.2) is 42.7 Å². The summed E-state index contributed by atoms with van der Waals surface area (Å²) >= 11 is 0. The van der Waals surface area contributed by atoms with Crippen LogP contribution in [0.4, 0.5) is 0 Å². The van der Waals surface area contributed by atoms with Gasteiger partial charge in [0.2, 0.25) is 0 Å². The van der Waals surface area contributed by atoms with Gasteiger partial charge in [-0.1, -0.05) is 18.2 Å². The third kappa shape index (κ3) is 2.11. The van der Waals surface area contributed by atoms with Crippen LogP contribution in [-0.4, -0.2) is 22.9 Å². The predicted octanol–water partition coefficient (Wildman–Crippen LogP) is 2.34. The predicted molar refractivity (Wildman–Crippen MR) is 68.4 cm³/mol. The fraction of sp³-hybridized carbons (Fsp3) is 0.357. The van der Waals surface area contributed by atoms with Crippen molar-refractivity contribution < 1.29 is 0 Å². The van der Waals surface area contributed by atoms with Crippen molar-refractivity contribution in [1.29, 1.82) is 0 Å². The summed E-state index contributed by atoms with van der Waals surface area (Å²) in [6.45, 7) is 2.25. The minimum Gasteiger partial charge on any atom is -0.317 e. The Bertz CT molecular complexity index is 470. The van der Waals surface area contributed by atoms with E-state index < -0.39 is 0 Å². The SMILES string of the molecule is c1ccc(-n2cccn2)c(C2CCNCC2)c1. The molecule has 1 aromatic carbocycles. The highest BCUT2D eigenvalue weighted by molar-refractivity contribution is 5.42. The lowest BCUT2D eigenvalue weighted by Gasteiger charge is -2.24. The van der Waals surface area contributed by atoms with Crippen molar-refractivity contribution in [2.45, 2.75) is 18.8 Å². The maximum absolute atomic E-state index is 4.34. The second kappa shape index (κ2) is 4.72. The molecule has 88 valence electrons. The van der Waals surface area contributed by atoms with Gasteiger partial charge < -0.3 is 5.32 Å². The van der Waals surface area contributed by atoms with Crippen molar-refractivity contribution in [2.24, 2.45) is 0 Å². The molecule has 1 saturated heterocycles. The number of hydrogen-bond donors (Lipinski definition) is 1. The van der Waals surface area contributed by atoms with Crippen molar-refractivity contribution in [3.05, 3.63) is 48.3 Å². The highest BCUT2D eigenvalue weighted by atomic mass is 15.3. The fourth-order valence-corrected chi connectivity index (χ4v) is 2.59. The van der Waals surface area contributed by atoms with Gasteiger partial charge in [0.05, 0.1) is 5.69 Å². The van der Waals surface area contributed by atoms with Crippen LogP contribution < -0.4 is 5.32 Å². The molecule has 3 heteroatoms. The number of piperidine rings is 1. The zero-order valence-electron chi connectivity index (χ0n) is 9.84. The van der Waals surface area contributed by atoms with E-state index in [0.717, 1.165) is 13.1 Å². The fourth-order valence-electron chi connectivity index (χ4n) is 2.59. The average Bonchev–Trinajstić information content (AvgIpc) is 2.94. The Morgan fingerprint density at radius 3 is 2.71 bits per heavy atom. The summed E-state index contributed by atoms with van der Waals surface area (Å²) in [4.78, 5) is 0. The molecular weight excluding hydrogens is 210 g/mol. The molecular formula is C14H17N3. The van der Waals surface area contributed by atoms with Crippen molar-refractivity contribution >= 4 is 0 Å². The molecule has 0 unspecified atom stereocenters. The molecule has 1 aliphatic rings. The zero-order chi connectivity index (χ0) is 11.5. The summed E-state index contributed by atoms with van der Waals surface area (Å²) in [5.41, 5.74) is 2.65. The van der Waals surface area contributed by atoms with E-state index in [9.17, 15) is 0 Å². The molecule has 0 aliphatic carbocycles. The van der Waals surface area contributed by atoms with E-state index in [0.29, 0.717) is 5.92 Å². The molecule has 0 spiro atoms. The minimum absolute atomic E-state index is 0.664. The van der Waals surface area contributed by atoms with Gasteiger partial charge in [0.15, 0.2) is 0 Å². The number of benzene rings is 1. The first-order valence-electron chi connectivity index (χ1n) is 6.25. The van der Waals surface area contributed by atoms with Crippen LogP contribution >= 0.6 is 0 Å². The van der Waals surface area contributed by atoms with Gasteiger partial charge in [-0.15, -0.1) is 0 Å². The first-order chi connectivity index (χ1) is 8.45. The van der Waals surface area contributed by atoms with E-state index >= 15 is 0 Å². The minimum atomic E-state index is 0.664. The van der Waals surface area contributed by atoms with Gasteiger partial charge in [-0.2, -0.15) is 5.10 Å². The molecule has 0 radical (unpaired) electrons. The Balaban J connectivity index is 1.98. The lowest BCUT2D eigenvalue weighted by atomic mass is 9.89. The summed E-state index contributed by atoms with van der Waals surface area (Å²) in [6, 6.07) is 10.6. The van der Waals surface area contributed by atoms with Crippen molar-refractivity contribution in [3.63, 3.8) is 0 Å². The molecule has 0 amide bonds. The Labute approximate surface area is 101 Å². The molecule has 0 atom stereocenters. The van der Waals surface area contributed by atoms with Crippen LogP contribution in [0.5, 0.6) is 0 Å². The summed E-state index contributed by atoms with van der Waals surface area (Å²) in [6.07, 6.45) is 6.29. The third-order valence-electron chi connectivity index (χ3n) is 3.47. The van der Waals surface area contributed by atoms with Gasteiger partial charge in [0.25, 0.3) is 0 Å². The number of hydrogen-bond acceptors (Lipinski definition) is 2. The van der Waals surface area contributed by atoms with E-state index in [1.54, 1.807) is 0 Å². The van der Waals surface area contributed by atoms with Crippen LogP contribution in [0, 0.1) is 0 Å².